The average molecular weight is 382 g/mol. The van der Waals surface area contributed by atoms with Crippen LogP contribution in [-0.2, 0) is 11.0 Å². The molecule has 9 heteroatoms. The van der Waals surface area contributed by atoms with Gasteiger partial charge in [-0.1, -0.05) is 18.2 Å². The van der Waals surface area contributed by atoms with E-state index >= 15 is 0 Å². The van der Waals surface area contributed by atoms with Crippen molar-refractivity contribution in [2.24, 2.45) is 0 Å². The van der Waals surface area contributed by atoms with Crippen LogP contribution in [0, 0.1) is 5.82 Å². The first-order valence-corrected chi connectivity index (χ1v) is 8.39. The molecule has 2 aromatic rings. The molecule has 0 aliphatic carbocycles. The number of amides is 1. The minimum atomic E-state index is -4.48. The zero-order valence-electron chi connectivity index (χ0n) is 14.3. The van der Waals surface area contributed by atoms with Crippen molar-refractivity contribution in [2.45, 2.75) is 6.18 Å². The van der Waals surface area contributed by atoms with Gasteiger partial charge in [0.05, 0.1) is 12.2 Å². The van der Waals surface area contributed by atoms with Crippen LogP contribution in [0.15, 0.2) is 42.5 Å². The molecule has 0 saturated carbocycles. The summed E-state index contributed by atoms with van der Waals surface area (Å²) in [6, 6.07) is 9.70. The number of piperazine rings is 1. The van der Waals surface area contributed by atoms with Crippen molar-refractivity contribution < 1.29 is 22.4 Å². The lowest BCUT2D eigenvalue weighted by molar-refractivity contribution is -0.141. The predicted molar refractivity (Wildman–Crippen MR) is 92.9 cm³/mol. The summed E-state index contributed by atoms with van der Waals surface area (Å²) < 4.78 is 51.9. The number of nitrogens with one attached hydrogen (secondary N) is 1. The third-order valence-corrected chi connectivity index (χ3v) is 4.24. The van der Waals surface area contributed by atoms with Gasteiger partial charge >= 0.3 is 6.18 Å². The van der Waals surface area contributed by atoms with Crippen LogP contribution in [0.1, 0.15) is 5.69 Å². The summed E-state index contributed by atoms with van der Waals surface area (Å²) in [6.07, 6.45) is -4.48. The lowest BCUT2D eigenvalue weighted by Crippen LogP contribution is -2.49. The van der Waals surface area contributed by atoms with Crippen molar-refractivity contribution in [1.82, 2.24) is 9.88 Å². The number of rotatable bonds is 4. The molecule has 5 nitrogen and oxygen atoms in total. The number of aromatic nitrogens is 1. The molecule has 1 amide bonds. The molecule has 0 spiro atoms. The highest BCUT2D eigenvalue weighted by molar-refractivity contribution is 5.92. The van der Waals surface area contributed by atoms with Gasteiger partial charge in [-0.2, -0.15) is 13.2 Å². The average Bonchev–Trinajstić information content (AvgIpc) is 2.64. The maximum Gasteiger partial charge on any atom is 0.433 e. The van der Waals surface area contributed by atoms with Crippen LogP contribution in [0.4, 0.5) is 29.1 Å². The number of benzene rings is 1. The van der Waals surface area contributed by atoms with E-state index in [1.807, 2.05) is 4.90 Å². The summed E-state index contributed by atoms with van der Waals surface area (Å²) in [5.41, 5.74) is -0.805. The van der Waals surface area contributed by atoms with E-state index in [1.54, 1.807) is 11.0 Å². The molecule has 1 aliphatic rings. The Balaban J connectivity index is 1.53. The Morgan fingerprint density at radius 2 is 1.74 bits per heavy atom. The topological polar surface area (TPSA) is 48.5 Å². The molecule has 0 unspecified atom stereocenters. The molecule has 1 aliphatic heterocycles. The van der Waals surface area contributed by atoms with Gasteiger partial charge in [-0.25, -0.2) is 9.37 Å². The number of pyridine rings is 1. The van der Waals surface area contributed by atoms with E-state index in [2.05, 4.69) is 10.3 Å². The van der Waals surface area contributed by atoms with E-state index in [0.717, 1.165) is 6.07 Å². The first-order chi connectivity index (χ1) is 12.8. The van der Waals surface area contributed by atoms with Gasteiger partial charge in [0.25, 0.3) is 0 Å². The Morgan fingerprint density at radius 1 is 1.04 bits per heavy atom. The van der Waals surface area contributed by atoms with Crippen LogP contribution in [0.2, 0.25) is 0 Å². The molecule has 1 aromatic heterocycles. The van der Waals surface area contributed by atoms with E-state index in [1.165, 1.54) is 30.3 Å². The molecule has 3 rings (SSSR count). The highest BCUT2D eigenvalue weighted by Gasteiger charge is 2.33. The number of hydrogen-bond acceptors (Lipinski definition) is 4. The SMILES string of the molecule is O=C(CN1CCN(c2cccc(C(F)(F)F)n2)CC1)Nc1ccccc1F. The van der Waals surface area contributed by atoms with Crippen molar-refractivity contribution in [3.63, 3.8) is 0 Å². The summed E-state index contributed by atoms with van der Waals surface area (Å²) in [5.74, 6) is -0.586. The van der Waals surface area contributed by atoms with Crippen LogP contribution in [-0.4, -0.2) is 48.5 Å². The lowest BCUT2D eigenvalue weighted by atomic mass is 10.2. The van der Waals surface area contributed by atoms with Crippen LogP contribution in [0.25, 0.3) is 0 Å². The summed E-state index contributed by atoms with van der Waals surface area (Å²) in [6.45, 7) is 1.95. The molecular weight excluding hydrogens is 364 g/mol. The van der Waals surface area contributed by atoms with Crippen molar-refractivity contribution in [1.29, 1.82) is 0 Å². The summed E-state index contributed by atoms with van der Waals surface area (Å²) in [7, 11) is 0. The molecule has 0 radical (unpaired) electrons. The van der Waals surface area contributed by atoms with E-state index in [9.17, 15) is 22.4 Å². The number of nitrogens with zero attached hydrogens (tertiary/aromatic N) is 3. The second-order valence-electron chi connectivity index (χ2n) is 6.17. The Kier molecular flexibility index (Phi) is 5.59. The maximum absolute atomic E-state index is 13.6. The van der Waals surface area contributed by atoms with Crippen LogP contribution < -0.4 is 10.2 Å². The molecule has 1 fully saturated rings. The standard InChI is InChI=1S/C18H18F4N4O/c19-13-4-1-2-5-14(13)23-17(27)12-25-8-10-26(11-9-25)16-7-3-6-15(24-16)18(20,21)22/h1-7H,8-12H2,(H,23,27). The number of anilines is 2. The van der Waals surface area contributed by atoms with Gasteiger partial charge in [0.15, 0.2) is 0 Å². The Hall–Kier alpha value is -2.68. The monoisotopic (exact) mass is 382 g/mol. The third kappa shape index (κ3) is 4.94. The highest BCUT2D eigenvalue weighted by atomic mass is 19.4. The van der Waals surface area contributed by atoms with E-state index in [0.29, 0.717) is 26.2 Å². The number of halogens is 4. The minimum absolute atomic E-state index is 0.0815. The van der Waals surface area contributed by atoms with Crippen molar-refractivity contribution in [3.8, 4) is 0 Å². The number of para-hydroxylation sites is 1. The van der Waals surface area contributed by atoms with Crippen LogP contribution in [0.5, 0.6) is 0 Å². The largest absolute Gasteiger partial charge is 0.433 e. The third-order valence-electron chi connectivity index (χ3n) is 4.24. The van der Waals surface area contributed by atoms with E-state index in [-0.39, 0.29) is 24.0 Å². The molecule has 1 aromatic carbocycles. The predicted octanol–water partition coefficient (Wildman–Crippen LogP) is 3.00. The lowest BCUT2D eigenvalue weighted by Gasteiger charge is -2.35. The normalized spacial score (nSPS) is 15.6. The zero-order chi connectivity index (χ0) is 19.4. The Morgan fingerprint density at radius 3 is 2.41 bits per heavy atom. The number of hydrogen-bond donors (Lipinski definition) is 1. The van der Waals surface area contributed by atoms with Crippen molar-refractivity contribution in [2.75, 3.05) is 42.9 Å². The van der Waals surface area contributed by atoms with Crippen LogP contribution in [0.3, 0.4) is 0 Å². The summed E-state index contributed by atoms with van der Waals surface area (Å²) >= 11 is 0. The van der Waals surface area contributed by atoms with Gasteiger partial charge in [-0.05, 0) is 24.3 Å². The Bertz CT molecular complexity index is 804. The Labute approximate surface area is 153 Å². The molecule has 1 N–H and O–H groups in total. The highest BCUT2D eigenvalue weighted by Crippen LogP contribution is 2.29. The number of carbonyl (C=O) groups excluding carboxylic acids is 1. The smallest absolute Gasteiger partial charge is 0.354 e. The second-order valence-corrected chi connectivity index (χ2v) is 6.17. The molecule has 1 saturated heterocycles. The molecule has 27 heavy (non-hydrogen) atoms. The van der Waals surface area contributed by atoms with Gasteiger partial charge in [-0.15, -0.1) is 0 Å². The fourth-order valence-corrected chi connectivity index (χ4v) is 2.85. The molecule has 0 bridgehead atoms. The van der Waals surface area contributed by atoms with Gasteiger partial charge in [0, 0.05) is 26.2 Å². The fourth-order valence-electron chi connectivity index (χ4n) is 2.85. The van der Waals surface area contributed by atoms with Gasteiger partial charge in [0.2, 0.25) is 5.91 Å². The summed E-state index contributed by atoms with van der Waals surface area (Å²) in [4.78, 5) is 19.4. The van der Waals surface area contributed by atoms with Gasteiger partial charge in [0.1, 0.15) is 17.3 Å². The second kappa shape index (κ2) is 7.91. The fraction of sp³-hybridized carbons (Fsp3) is 0.333. The quantitative estimate of drug-likeness (QED) is 0.826. The maximum atomic E-state index is 13.6. The summed E-state index contributed by atoms with van der Waals surface area (Å²) in [5, 5.41) is 2.52. The first-order valence-electron chi connectivity index (χ1n) is 8.39. The van der Waals surface area contributed by atoms with Crippen molar-refractivity contribution in [3.05, 3.63) is 54.0 Å². The number of carbonyl (C=O) groups is 1. The van der Waals surface area contributed by atoms with E-state index in [4.69, 9.17) is 0 Å². The molecule has 144 valence electrons. The van der Waals surface area contributed by atoms with Gasteiger partial charge in [-0.3, -0.25) is 9.69 Å². The van der Waals surface area contributed by atoms with E-state index < -0.39 is 17.7 Å². The van der Waals surface area contributed by atoms with Gasteiger partial charge < -0.3 is 10.2 Å². The van der Waals surface area contributed by atoms with Crippen LogP contribution >= 0.6 is 0 Å². The zero-order valence-corrected chi connectivity index (χ0v) is 14.3. The number of alkyl halides is 3. The minimum Gasteiger partial charge on any atom is -0.354 e. The molecule has 0 atom stereocenters. The molecular formula is C18H18F4N4O. The van der Waals surface area contributed by atoms with Crippen molar-refractivity contribution >= 4 is 17.4 Å². The first kappa shape index (κ1) is 19.1. The molecule has 2 heterocycles.